The maximum absolute atomic E-state index is 12.3. The first-order valence-electron chi connectivity index (χ1n) is 8.14. The Hall–Kier alpha value is -1.25. The van der Waals surface area contributed by atoms with Crippen LogP contribution in [-0.4, -0.2) is 33.7 Å². The van der Waals surface area contributed by atoms with Crippen LogP contribution in [-0.2, 0) is 4.79 Å². The highest BCUT2D eigenvalue weighted by Crippen LogP contribution is 2.32. The Balaban J connectivity index is 1.85. The van der Waals surface area contributed by atoms with Crippen LogP contribution in [0.4, 0.5) is 5.69 Å². The van der Waals surface area contributed by atoms with Crippen molar-refractivity contribution >= 4 is 46.5 Å². The quantitative estimate of drug-likeness (QED) is 0.613. The van der Waals surface area contributed by atoms with Crippen molar-refractivity contribution in [1.82, 2.24) is 10.2 Å². The molecule has 2 aromatic rings. The number of ether oxygens (including phenoxy) is 1. The maximum atomic E-state index is 12.3. The number of benzene rings is 1. The van der Waals surface area contributed by atoms with Crippen molar-refractivity contribution in [1.29, 1.82) is 0 Å². The predicted octanol–water partition coefficient (Wildman–Crippen LogP) is 4.80. The lowest BCUT2D eigenvalue weighted by Gasteiger charge is -2.11. The molecule has 0 saturated carbocycles. The Bertz CT molecular complexity index is 674. The number of amides is 1. The normalized spacial score (nSPS) is 12.2. The highest BCUT2D eigenvalue weighted by atomic mass is 32.2. The number of hydrogen-bond donors (Lipinski definition) is 1. The number of nitrogens with one attached hydrogen (secondary N) is 1. The number of carbonyl (C=O) groups excluding carboxylic acids is 1. The van der Waals surface area contributed by atoms with E-state index >= 15 is 0 Å². The third-order valence-corrected chi connectivity index (χ3v) is 6.68. The first-order chi connectivity index (χ1) is 12.0. The van der Waals surface area contributed by atoms with E-state index in [-0.39, 0.29) is 11.2 Å². The van der Waals surface area contributed by atoms with Crippen LogP contribution in [0.3, 0.4) is 0 Å². The lowest BCUT2D eigenvalue weighted by molar-refractivity contribution is -0.115. The van der Waals surface area contributed by atoms with E-state index in [1.807, 2.05) is 38.1 Å². The molecule has 0 fully saturated rings. The van der Waals surface area contributed by atoms with Crippen molar-refractivity contribution in [2.75, 3.05) is 17.7 Å². The van der Waals surface area contributed by atoms with Crippen molar-refractivity contribution in [2.24, 2.45) is 5.92 Å². The topological polar surface area (TPSA) is 64.1 Å². The van der Waals surface area contributed by atoms with E-state index in [2.05, 4.69) is 29.4 Å². The van der Waals surface area contributed by atoms with Gasteiger partial charge in [-0.3, -0.25) is 4.79 Å². The molecule has 0 bridgehead atoms. The van der Waals surface area contributed by atoms with E-state index in [0.29, 0.717) is 12.5 Å². The molecule has 1 aromatic heterocycles. The Morgan fingerprint density at radius 1 is 1.20 bits per heavy atom. The molecule has 0 saturated heterocycles. The van der Waals surface area contributed by atoms with E-state index in [0.717, 1.165) is 25.9 Å². The van der Waals surface area contributed by atoms with Crippen LogP contribution in [0.5, 0.6) is 5.75 Å². The number of thioether (sulfide) groups is 2. The Kier molecular flexibility index (Phi) is 8.05. The number of hydrogen-bond acceptors (Lipinski definition) is 7. The summed E-state index contributed by atoms with van der Waals surface area (Å²) in [5, 5.41) is 11.0. The van der Waals surface area contributed by atoms with Gasteiger partial charge in [-0.2, -0.15) is 0 Å². The fourth-order valence-electron chi connectivity index (χ4n) is 1.79. The molecular weight excluding hydrogens is 374 g/mol. The second-order valence-electron chi connectivity index (χ2n) is 5.75. The average molecular weight is 398 g/mol. The van der Waals surface area contributed by atoms with Gasteiger partial charge in [0.15, 0.2) is 8.68 Å². The summed E-state index contributed by atoms with van der Waals surface area (Å²) in [6, 6.07) is 7.37. The molecule has 0 aliphatic rings. The minimum atomic E-state index is -0.248. The van der Waals surface area contributed by atoms with Gasteiger partial charge < -0.3 is 10.1 Å². The minimum absolute atomic E-state index is 0.0549. The van der Waals surface area contributed by atoms with Crippen molar-refractivity contribution in [3.8, 4) is 5.75 Å². The molecule has 25 heavy (non-hydrogen) atoms. The Morgan fingerprint density at radius 2 is 1.88 bits per heavy atom. The van der Waals surface area contributed by atoms with E-state index in [1.165, 1.54) is 11.8 Å². The number of aromatic nitrogens is 2. The summed E-state index contributed by atoms with van der Waals surface area (Å²) >= 11 is 4.69. The highest BCUT2D eigenvalue weighted by Gasteiger charge is 2.17. The molecule has 1 amide bonds. The SMILES string of the molecule is CCOc1ccc(NC(=O)[C@H](C)Sc2nnc(SCC(C)C)s2)cc1. The van der Waals surface area contributed by atoms with Gasteiger partial charge in [-0.05, 0) is 44.0 Å². The third-order valence-electron chi connectivity index (χ3n) is 3.01. The molecule has 1 atom stereocenters. The van der Waals surface area contributed by atoms with Crippen LogP contribution in [0.15, 0.2) is 32.9 Å². The Morgan fingerprint density at radius 3 is 2.52 bits per heavy atom. The molecular formula is C17H23N3O2S3. The van der Waals surface area contributed by atoms with Gasteiger partial charge in [0.1, 0.15) is 5.75 Å². The summed E-state index contributed by atoms with van der Waals surface area (Å²) < 4.78 is 7.17. The zero-order valence-corrected chi connectivity index (χ0v) is 17.3. The van der Waals surface area contributed by atoms with Crippen molar-refractivity contribution < 1.29 is 9.53 Å². The number of carbonyl (C=O) groups is 1. The molecule has 0 aliphatic heterocycles. The first-order valence-corrected chi connectivity index (χ1v) is 10.8. The van der Waals surface area contributed by atoms with Crippen LogP contribution < -0.4 is 10.1 Å². The summed E-state index contributed by atoms with van der Waals surface area (Å²) in [6.07, 6.45) is 0. The zero-order valence-electron chi connectivity index (χ0n) is 14.8. The average Bonchev–Trinajstić information content (AvgIpc) is 3.02. The first kappa shape index (κ1) is 20.1. The molecule has 1 aromatic carbocycles. The minimum Gasteiger partial charge on any atom is -0.494 e. The van der Waals surface area contributed by atoms with Gasteiger partial charge in [-0.15, -0.1) is 10.2 Å². The summed E-state index contributed by atoms with van der Waals surface area (Å²) in [4.78, 5) is 12.3. The number of anilines is 1. The van der Waals surface area contributed by atoms with Gasteiger partial charge >= 0.3 is 0 Å². The molecule has 0 aliphatic carbocycles. The fraction of sp³-hybridized carbons (Fsp3) is 0.471. The van der Waals surface area contributed by atoms with E-state index in [4.69, 9.17) is 4.74 Å². The Labute approximate surface area is 161 Å². The molecule has 0 spiro atoms. The molecule has 1 heterocycles. The fourth-order valence-corrected chi connectivity index (χ4v) is 4.93. The van der Waals surface area contributed by atoms with Gasteiger partial charge in [0, 0.05) is 11.4 Å². The monoisotopic (exact) mass is 397 g/mol. The van der Waals surface area contributed by atoms with Crippen molar-refractivity contribution in [3.05, 3.63) is 24.3 Å². The standard InChI is InChI=1S/C17H23N3O2S3/c1-5-22-14-8-6-13(7-9-14)18-15(21)12(4)24-17-20-19-16(25-17)23-10-11(2)3/h6-9,11-12H,5,10H2,1-4H3,(H,18,21)/t12-/m0/s1. The van der Waals surface area contributed by atoms with Crippen LogP contribution in [0.2, 0.25) is 0 Å². The summed E-state index contributed by atoms with van der Waals surface area (Å²) in [7, 11) is 0. The second-order valence-corrected chi connectivity index (χ2v) is 9.58. The van der Waals surface area contributed by atoms with Crippen LogP contribution in [0, 0.1) is 5.92 Å². The predicted molar refractivity (Wildman–Crippen MR) is 107 cm³/mol. The molecule has 0 radical (unpaired) electrons. The zero-order chi connectivity index (χ0) is 18.2. The number of rotatable bonds is 9. The smallest absolute Gasteiger partial charge is 0.237 e. The third kappa shape index (κ3) is 6.87. The molecule has 8 heteroatoms. The maximum Gasteiger partial charge on any atom is 0.237 e. The van der Waals surface area contributed by atoms with Crippen LogP contribution in [0.25, 0.3) is 0 Å². The van der Waals surface area contributed by atoms with Gasteiger partial charge in [-0.25, -0.2) is 0 Å². The van der Waals surface area contributed by atoms with Crippen molar-refractivity contribution in [3.63, 3.8) is 0 Å². The summed E-state index contributed by atoms with van der Waals surface area (Å²) in [5.41, 5.74) is 0.756. The lowest BCUT2D eigenvalue weighted by Crippen LogP contribution is -2.22. The molecule has 0 unspecified atom stereocenters. The molecule has 136 valence electrons. The van der Waals surface area contributed by atoms with Gasteiger partial charge in [0.05, 0.1) is 11.9 Å². The van der Waals surface area contributed by atoms with Gasteiger partial charge in [0.25, 0.3) is 0 Å². The molecule has 5 nitrogen and oxygen atoms in total. The van der Waals surface area contributed by atoms with E-state index in [9.17, 15) is 4.79 Å². The molecule has 2 rings (SSSR count). The van der Waals surface area contributed by atoms with Crippen LogP contribution >= 0.6 is 34.9 Å². The van der Waals surface area contributed by atoms with E-state index in [1.54, 1.807) is 23.1 Å². The largest absolute Gasteiger partial charge is 0.494 e. The highest BCUT2D eigenvalue weighted by molar-refractivity contribution is 8.03. The summed E-state index contributed by atoms with van der Waals surface area (Å²) in [5.74, 6) is 2.38. The lowest BCUT2D eigenvalue weighted by atomic mass is 10.3. The van der Waals surface area contributed by atoms with Crippen molar-refractivity contribution in [2.45, 2.75) is 41.6 Å². The van der Waals surface area contributed by atoms with Crippen LogP contribution in [0.1, 0.15) is 27.7 Å². The second kappa shape index (κ2) is 10.0. The molecule has 1 N–H and O–H groups in total. The van der Waals surface area contributed by atoms with Gasteiger partial charge in [0.2, 0.25) is 5.91 Å². The van der Waals surface area contributed by atoms with E-state index < -0.39 is 0 Å². The number of nitrogens with zero attached hydrogens (tertiary/aromatic N) is 2. The van der Waals surface area contributed by atoms with Gasteiger partial charge in [-0.1, -0.05) is 48.7 Å². The summed E-state index contributed by atoms with van der Waals surface area (Å²) in [6.45, 7) is 8.79.